The normalized spacial score (nSPS) is 21.1. The lowest BCUT2D eigenvalue weighted by atomic mass is 10.1. The van der Waals surface area contributed by atoms with Crippen LogP contribution in [0.5, 0.6) is 0 Å². The zero-order valence-electron chi connectivity index (χ0n) is 7.72. The van der Waals surface area contributed by atoms with Gasteiger partial charge in [0.2, 0.25) is 0 Å². The van der Waals surface area contributed by atoms with E-state index in [2.05, 4.69) is 0 Å². The van der Waals surface area contributed by atoms with Gasteiger partial charge in [-0.2, -0.15) is 0 Å². The molecular formula is C10H12N2O2. The van der Waals surface area contributed by atoms with Gasteiger partial charge in [-0.05, 0) is 12.0 Å². The monoisotopic (exact) mass is 192 g/mol. The number of rotatable bonds is 2. The molecular weight excluding hydrogens is 180 g/mol. The molecule has 4 heteroatoms. The van der Waals surface area contributed by atoms with E-state index in [1.54, 1.807) is 0 Å². The van der Waals surface area contributed by atoms with Crippen LogP contribution in [0.25, 0.3) is 0 Å². The van der Waals surface area contributed by atoms with Gasteiger partial charge in [-0.3, -0.25) is 0 Å². The molecule has 0 radical (unpaired) electrons. The zero-order chi connectivity index (χ0) is 9.97. The van der Waals surface area contributed by atoms with Crippen LogP contribution in [0, 0.1) is 0 Å². The first-order valence-corrected chi connectivity index (χ1v) is 4.52. The molecule has 2 N–H and O–H groups in total. The van der Waals surface area contributed by atoms with Gasteiger partial charge in [-0.1, -0.05) is 30.3 Å². The Bertz CT molecular complexity index is 326. The summed E-state index contributed by atoms with van der Waals surface area (Å²) in [6.45, 7) is 0.379. The van der Waals surface area contributed by atoms with Crippen molar-refractivity contribution in [3.05, 3.63) is 35.9 Å². The number of hydrogen-bond donors (Lipinski definition) is 1. The van der Waals surface area contributed by atoms with Crippen molar-refractivity contribution in [3.8, 4) is 0 Å². The van der Waals surface area contributed by atoms with Crippen LogP contribution in [0.15, 0.2) is 30.3 Å². The van der Waals surface area contributed by atoms with Crippen LogP contribution >= 0.6 is 0 Å². The predicted octanol–water partition coefficient (Wildman–Crippen LogP) is 0.924. The summed E-state index contributed by atoms with van der Waals surface area (Å²) in [7, 11) is 0. The highest BCUT2D eigenvalue weighted by Gasteiger charge is 2.30. The van der Waals surface area contributed by atoms with E-state index < -0.39 is 6.09 Å². The van der Waals surface area contributed by atoms with Crippen LogP contribution in [-0.2, 0) is 11.2 Å². The predicted molar refractivity (Wildman–Crippen MR) is 51.3 cm³/mol. The molecule has 4 nitrogen and oxygen atoms in total. The van der Waals surface area contributed by atoms with Gasteiger partial charge in [-0.25, -0.2) is 15.6 Å². The quantitative estimate of drug-likeness (QED) is 0.560. The zero-order valence-corrected chi connectivity index (χ0v) is 7.72. The van der Waals surface area contributed by atoms with E-state index in [1.807, 2.05) is 30.3 Å². The highest BCUT2D eigenvalue weighted by Crippen LogP contribution is 2.13. The number of cyclic esters (lactones) is 1. The molecule has 1 fully saturated rings. The highest BCUT2D eigenvalue weighted by atomic mass is 16.6. The molecule has 0 aliphatic carbocycles. The molecule has 1 heterocycles. The van der Waals surface area contributed by atoms with Crippen LogP contribution in [0.1, 0.15) is 5.56 Å². The van der Waals surface area contributed by atoms with Crippen LogP contribution in [0.3, 0.4) is 0 Å². The molecule has 14 heavy (non-hydrogen) atoms. The standard InChI is InChI=1S/C10H12N2O2/c11-12-9(7-14-10(12)13)6-8-4-2-1-3-5-8/h1-5,9H,6-7,11H2/t9-/m1/s1. The first-order valence-electron chi connectivity index (χ1n) is 4.52. The number of ether oxygens (including phenoxy) is 1. The number of carbonyl (C=O) groups is 1. The third-order valence-corrected chi connectivity index (χ3v) is 2.32. The smallest absolute Gasteiger partial charge is 0.424 e. The van der Waals surface area contributed by atoms with Gasteiger partial charge in [0.05, 0.1) is 6.04 Å². The molecule has 1 atom stereocenters. The van der Waals surface area contributed by atoms with Gasteiger partial charge in [0, 0.05) is 0 Å². The Kier molecular flexibility index (Phi) is 2.37. The third kappa shape index (κ3) is 1.70. The minimum Gasteiger partial charge on any atom is -0.446 e. The lowest BCUT2D eigenvalue weighted by Crippen LogP contribution is -2.40. The van der Waals surface area contributed by atoms with Crippen LogP contribution in [0.4, 0.5) is 4.79 Å². The minimum atomic E-state index is -0.439. The molecule has 1 aliphatic heterocycles. The molecule has 2 rings (SSSR count). The number of hydrogen-bond acceptors (Lipinski definition) is 3. The Morgan fingerprint density at radius 1 is 1.43 bits per heavy atom. The molecule has 0 spiro atoms. The van der Waals surface area contributed by atoms with Crippen molar-refractivity contribution in [2.45, 2.75) is 12.5 Å². The number of carbonyl (C=O) groups excluding carboxylic acids is 1. The van der Waals surface area contributed by atoms with Crippen LogP contribution in [-0.4, -0.2) is 23.8 Å². The fourth-order valence-electron chi connectivity index (χ4n) is 1.51. The maximum absolute atomic E-state index is 11.0. The molecule has 1 aliphatic rings. The van der Waals surface area contributed by atoms with Gasteiger partial charge < -0.3 is 4.74 Å². The molecule has 74 valence electrons. The van der Waals surface area contributed by atoms with Crippen molar-refractivity contribution in [1.82, 2.24) is 5.01 Å². The Labute approximate surface area is 82.2 Å². The number of amides is 1. The summed E-state index contributed by atoms with van der Waals surface area (Å²) in [5.74, 6) is 5.53. The lowest BCUT2D eigenvalue weighted by Gasteiger charge is -2.14. The SMILES string of the molecule is NN1C(=O)OC[C@H]1Cc1ccccc1. The van der Waals surface area contributed by atoms with Crippen molar-refractivity contribution >= 4 is 6.09 Å². The van der Waals surface area contributed by atoms with Gasteiger partial charge in [0.15, 0.2) is 0 Å². The van der Waals surface area contributed by atoms with E-state index in [-0.39, 0.29) is 6.04 Å². The van der Waals surface area contributed by atoms with Crippen molar-refractivity contribution in [2.75, 3.05) is 6.61 Å². The van der Waals surface area contributed by atoms with Gasteiger partial charge in [-0.15, -0.1) is 0 Å². The second-order valence-electron chi connectivity index (χ2n) is 3.33. The molecule has 0 aromatic heterocycles. The van der Waals surface area contributed by atoms with Crippen molar-refractivity contribution < 1.29 is 9.53 Å². The Balaban J connectivity index is 2.02. The first-order chi connectivity index (χ1) is 6.77. The topological polar surface area (TPSA) is 55.6 Å². The molecule has 0 unspecified atom stereocenters. The maximum atomic E-state index is 11.0. The largest absolute Gasteiger partial charge is 0.446 e. The molecule has 1 amide bonds. The Morgan fingerprint density at radius 3 is 2.71 bits per heavy atom. The summed E-state index contributed by atoms with van der Waals surface area (Å²) in [6, 6.07) is 9.87. The minimum absolute atomic E-state index is 0.0371. The summed E-state index contributed by atoms with van der Waals surface area (Å²) in [4.78, 5) is 11.0. The number of nitrogens with zero attached hydrogens (tertiary/aromatic N) is 1. The van der Waals surface area contributed by atoms with E-state index in [0.717, 1.165) is 17.0 Å². The second kappa shape index (κ2) is 3.67. The van der Waals surface area contributed by atoms with E-state index >= 15 is 0 Å². The van der Waals surface area contributed by atoms with E-state index in [4.69, 9.17) is 10.6 Å². The fourth-order valence-corrected chi connectivity index (χ4v) is 1.51. The average molecular weight is 192 g/mol. The van der Waals surface area contributed by atoms with Crippen molar-refractivity contribution in [3.63, 3.8) is 0 Å². The highest BCUT2D eigenvalue weighted by molar-refractivity contribution is 5.69. The molecule has 1 aromatic carbocycles. The summed E-state index contributed by atoms with van der Waals surface area (Å²) in [5, 5.41) is 1.16. The summed E-state index contributed by atoms with van der Waals surface area (Å²) < 4.78 is 4.81. The van der Waals surface area contributed by atoms with Crippen molar-refractivity contribution in [2.24, 2.45) is 5.84 Å². The summed E-state index contributed by atoms with van der Waals surface area (Å²) in [5.41, 5.74) is 1.16. The van der Waals surface area contributed by atoms with E-state index in [1.165, 1.54) is 0 Å². The average Bonchev–Trinajstić information content (AvgIpc) is 2.52. The molecule has 1 saturated heterocycles. The number of hydrazine groups is 1. The maximum Gasteiger partial charge on any atom is 0.424 e. The van der Waals surface area contributed by atoms with Gasteiger partial charge in [0.1, 0.15) is 6.61 Å². The molecule has 1 aromatic rings. The van der Waals surface area contributed by atoms with Gasteiger partial charge >= 0.3 is 6.09 Å². The fraction of sp³-hybridized carbons (Fsp3) is 0.300. The number of benzene rings is 1. The summed E-state index contributed by atoms with van der Waals surface area (Å²) >= 11 is 0. The van der Waals surface area contributed by atoms with Crippen LogP contribution in [0.2, 0.25) is 0 Å². The Hall–Kier alpha value is -1.55. The molecule has 0 saturated carbocycles. The van der Waals surface area contributed by atoms with Crippen molar-refractivity contribution in [1.29, 1.82) is 0 Å². The first kappa shape index (κ1) is 9.02. The summed E-state index contributed by atoms with van der Waals surface area (Å²) in [6.07, 6.45) is 0.300. The van der Waals surface area contributed by atoms with Crippen LogP contribution < -0.4 is 5.84 Å². The Morgan fingerprint density at radius 2 is 2.14 bits per heavy atom. The van der Waals surface area contributed by atoms with E-state index in [0.29, 0.717) is 6.61 Å². The lowest BCUT2D eigenvalue weighted by molar-refractivity contribution is 0.158. The van der Waals surface area contributed by atoms with E-state index in [9.17, 15) is 4.79 Å². The number of nitrogens with two attached hydrogens (primary N) is 1. The third-order valence-electron chi connectivity index (χ3n) is 2.32. The second-order valence-corrected chi connectivity index (χ2v) is 3.33. The molecule has 0 bridgehead atoms. The van der Waals surface area contributed by atoms with Gasteiger partial charge in [0.25, 0.3) is 0 Å².